The SMILES string of the molecule is O=C(C[n+]1ccccc1)c1cc(Br)cc(N(c2ccccc2)c2ccccc2)c1. The van der Waals surface area contributed by atoms with E-state index in [0.717, 1.165) is 21.5 Å². The zero-order valence-electron chi connectivity index (χ0n) is 15.8. The maximum absolute atomic E-state index is 13.0. The molecule has 0 aliphatic rings. The summed E-state index contributed by atoms with van der Waals surface area (Å²) >= 11 is 3.59. The smallest absolute Gasteiger partial charge is 0.227 e. The molecule has 0 aliphatic heterocycles. The molecule has 0 spiro atoms. The van der Waals surface area contributed by atoms with Crippen molar-refractivity contribution < 1.29 is 9.36 Å². The summed E-state index contributed by atoms with van der Waals surface area (Å²) in [5.74, 6) is 0.0600. The second-order valence-corrected chi connectivity index (χ2v) is 7.59. The van der Waals surface area contributed by atoms with Crippen LogP contribution in [0.15, 0.2) is 114 Å². The van der Waals surface area contributed by atoms with E-state index in [1.54, 1.807) is 0 Å². The first kappa shape index (κ1) is 19.1. The molecule has 1 heterocycles. The second-order valence-electron chi connectivity index (χ2n) is 6.68. The topological polar surface area (TPSA) is 24.2 Å². The van der Waals surface area contributed by atoms with Crippen molar-refractivity contribution in [2.24, 2.45) is 0 Å². The van der Waals surface area contributed by atoms with E-state index in [9.17, 15) is 4.79 Å². The largest absolute Gasteiger partial charge is 0.310 e. The molecule has 4 aromatic rings. The van der Waals surface area contributed by atoms with Crippen LogP contribution in [-0.2, 0) is 6.54 Å². The number of carbonyl (C=O) groups excluding carboxylic acids is 1. The summed E-state index contributed by atoms with van der Waals surface area (Å²) in [6.07, 6.45) is 3.80. The zero-order valence-corrected chi connectivity index (χ0v) is 17.4. The van der Waals surface area contributed by atoms with E-state index in [1.165, 1.54) is 0 Å². The molecule has 0 aliphatic carbocycles. The van der Waals surface area contributed by atoms with E-state index in [4.69, 9.17) is 0 Å². The number of Topliss-reactive ketones (excluding diaryl/α,β-unsaturated/α-hetero) is 1. The number of carbonyl (C=O) groups is 1. The van der Waals surface area contributed by atoms with Crippen LogP contribution in [0.5, 0.6) is 0 Å². The number of anilines is 3. The van der Waals surface area contributed by atoms with Crippen molar-refractivity contribution in [3.63, 3.8) is 0 Å². The van der Waals surface area contributed by atoms with Crippen molar-refractivity contribution in [2.75, 3.05) is 4.90 Å². The molecular weight excluding hydrogens is 424 g/mol. The van der Waals surface area contributed by atoms with Crippen molar-refractivity contribution in [2.45, 2.75) is 6.54 Å². The highest BCUT2D eigenvalue weighted by molar-refractivity contribution is 9.10. The predicted octanol–water partition coefficient (Wildman–Crippen LogP) is 6.09. The second kappa shape index (κ2) is 8.84. The predicted molar refractivity (Wildman–Crippen MR) is 120 cm³/mol. The molecule has 0 unspecified atom stereocenters. The van der Waals surface area contributed by atoms with Crippen LogP contribution in [0.25, 0.3) is 0 Å². The molecule has 0 amide bonds. The average molecular weight is 444 g/mol. The van der Waals surface area contributed by atoms with Crippen LogP contribution in [-0.4, -0.2) is 5.78 Å². The molecule has 4 rings (SSSR count). The fourth-order valence-electron chi connectivity index (χ4n) is 3.26. The minimum absolute atomic E-state index is 0.0600. The molecule has 3 aromatic carbocycles. The van der Waals surface area contributed by atoms with Gasteiger partial charge in [-0.05, 0) is 42.5 Å². The van der Waals surface area contributed by atoms with E-state index >= 15 is 0 Å². The van der Waals surface area contributed by atoms with Gasteiger partial charge in [-0.15, -0.1) is 0 Å². The van der Waals surface area contributed by atoms with Crippen LogP contribution >= 0.6 is 15.9 Å². The van der Waals surface area contributed by atoms with Gasteiger partial charge in [0, 0.05) is 39.2 Å². The van der Waals surface area contributed by atoms with Crippen molar-refractivity contribution >= 4 is 38.8 Å². The van der Waals surface area contributed by atoms with Crippen molar-refractivity contribution in [1.29, 1.82) is 0 Å². The summed E-state index contributed by atoms with van der Waals surface area (Å²) in [6.45, 7) is 0.299. The van der Waals surface area contributed by atoms with Crippen molar-refractivity contribution in [3.05, 3.63) is 119 Å². The fraction of sp³-hybridized carbons (Fsp3) is 0.0400. The number of ketones is 1. The van der Waals surface area contributed by atoms with Crippen LogP contribution in [0, 0.1) is 0 Å². The number of halogens is 1. The van der Waals surface area contributed by atoms with Gasteiger partial charge in [-0.3, -0.25) is 4.79 Å². The monoisotopic (exact) mass is 443 g/mol. The van der Waals surface area contributed by atoms with Gasteiger partial charge in [0.2, 0.25) is 12.3 Å². The zero-order chi connectivity index (χ0) is 20.1. The Hall–Kier alpha value is -3.24. The molecule has 0 saturated heterocycles. The summed E-state index contributed by atoms with van der Waals surface area (Å²) in [4.78, 5) is 15.1. The summed E-state index contributed by atoms with van der Waals surface area (Å²) in [5, 5.41) is 0. The van der Waals surface area contributed by atoms with E-state index in [-0.39, 0.29) is 5.78 Å². The third kappa shape index (κ3) is 4.61. The maximum Gasteiger partial charge on any atom is 0.227 e. The summed E-state index contributed by atoms with van der Waals surface area (Å²) in [5.41, 5.74) is 3.67. The molecule has 0 atom stereocenters. The first-order valence-electron chi connectivity index (χ1n) is 9.39. The minimum atomic E-state index is 0.0600. The van der Waals surface area contributed by atoms with Gasteiger partial charge in [-0.1, -0.05) is 58.4 Å². The van der Waals surface area contributed by atoms with Crippen molar-refractivity contribution in [1.82, 2.24) is 0 Å². The fourth-order valence-corrected chi connectivity index (χ4v) is 3.74. The van der Waals surface area contributed by atoms with Gasteiger partial charge in [0.25, 0.3) is 0 Å². The Kier molecular flexibility index (Phi) is 5.82. The quantitative estimate of drug-likeness (QED) is 0.266. The van der Waals surface area contributed by atoms with Gasteiger partial charge in [0.05, 0.1) is 0 Å². The lowest BCUT2D eigenvalue weighted by Gasteiger charge is -2.26. The van der Waals surface area contributed by atoms with Crippen LogP contribution < -0.4 is 9.47 Å². The molecule has 3 nitrogen and oxygen atoms in total. The Bertz CT molecular complexity index is 1060. The van der Waals surface area contributed by atoms with Gasteiger partial charge in [-0.2, -0.15) is 4.57 Å². The van der Waals surface area contributed by atoms with Crippen LogP contribution in [0.2, 0.25) is 0 Å². The molecule has 142 valence electrons. The minimum Gasteiger partial charge on any atom is -0.310 e. The molecule has 1 aromatic heterocycles. The van der Waals surface area contributed by atoms with Crippen LogP contribution in [0.1, 0.15) is 10.4 Å². The van der Waals surface area contributed by atoms with E-state index in [2.05, 4.69) is 45.1 Å². The van der Waals surface area contributed by atoms with Gasteiger partial charge < -0.3 is 4.90 Å². The highest BCUT2D eigenvalue weighted by atomic mass is 79.9. The Morgan fingerprint density at radius 3 is 1.86 bits per heavy atom. The van der Waals surface area contributed by atoms with Crippen LogP contribution in [0.3, 0.4) is 0 Å². The maximum atomic E-state index is 13.0. The number of para-hydroxylation sites is 2. The average Bonchev–Trinajstić information content (AvgIpc) is 2.76. The van der Waals surface area contributed by atoms with Crippen molar-refractivity contribution in [3.8, 4) is 0 Å². The molecule has 0 fully saturated rings. The molecule has 29 heavy (non-hydrogen) atoms. The van der Waals surface area contributed by atoms with E-state index < -0.39 is 0 Å². The molecule has 0 bridgehead atoms. The number of hydrogen-bond donors (Lipinski definition) is 0. The number of hydrogen-bond acceptors (Lipinski definition) is 2. The number of rotatable bonds is 6. The number of aromatic nitrogens is 1. The number of benzene rings is 3. The Morgan fingerprint density at radius 2 is 1.28 bits per heavy atom. The highest BCUT2D eigenvalue weighted by Crippen LogP contribution is 2.36. The van der Waals surface area contributed by atoms with Gasteiger partial charge >= 0.3 is 0 Å². The molecule has 0 N–H and O–H groups in total. The van der Waals surface area contributed by atoms with Gasteiger partial charge in [0.1, 0.15) is 0 Å². The first-order valence-corrected chi connectivity index (χ1v) is 10.2. The Labute approximate surface area is 179 Å². The standard InChI is InChI=1S/C25H20BrN2O/c26-21-16-20(25(29)19-27-14-8-3-9-15-27)17-24(18-21)28(22-10-4-1-5-11-22)23-12-6-2-7-13-23/h1-18H,19H2/q+1. The Morgan fingerprint density at radius 1 is 0.724 bits per heavy atom. The van der Waals surface area contributed by atoms with E-state index in [0.29, 0.717) is 12.1 Å². The third-order valence-corrected chi connectivity index (χ3v) is 5.05. The lowest BCUT2D eigenvalue weighted by atomic mass is 10.1. The lowest BCUT2D eigenvalue weighted by molar-refractivity contribution is -0.683. The lowest BCUT2D eigenvalue weighted by Crippen LogP contribution is -2.36. The normalized spacial score (nSPS) is 10.5. The highest BCUT2D eigenvalue weighted by Gasteiger charge is 2.17. The summed E-state index contributed by atoms with van der Waals surface area (Å²) < 4.78 is 2.75. The van der Waals surface area contributed by atoms with E-state index in [1.807, 2.05) is 89.8 Å². The molecule has 0 saturated carbocycles. The Balaban J connectivity index is 1.75. The number of pyridine rings is 1. The molecule has 0 radical (unpaired) electrons. The van der Waals surface area contributed by atoms with Crippen LogP contribution in [0.4, 0.5) is 17.1 Å². The first-order chi connectivity index (χ1) is 14.2. The molecule has 4 heteroatoms. The van der Waals surface area contributed by atoms with Gasteiger partial charge in [-0.25, -0.2) is 0 Å². The van der Waals surface area contributed by atoms with Gasteiger partial charge in [0.15, 0.2) is 12.4 Å². The summed E-state index contributed by atoms with van der Waals surface area (Å²) in [6, 6.07) is 32.0. The summed E-state index contributed by atoms with van der Waals surface area (Å²) in [7, 11) is 0. The molecular formula is C25H20BrN2O+. The third-order valence-electron chi connectivity index (χ3n) is 4.59. The number of nitrogens with zero attached hydrogens (tertiary/aromatic N) is 2.